The number of hydrogen-bond donors (Lipinski definition) is 1. The van der Waals surface area contributed by atoms with Crippen LogP contribution in [0.4, 0.5) is 16.2 Å². The number of aliphatic imine (C=N–C) groups is 1. The number of nitrogens with one attached hydrogen (secondary N) is 1. The lowest BCUT2D eigenvalue weighted by atomic mass is 10.2. The first kappa shape index (κ1) is 21.3. The van der Waals surface area contributed by atoms with Gasteiger partial charge < -0.3 is 15.0 Å². The summed E-state index contributed by atoms with van der Waals surface area (Å²) in [7, 11) is 4.82. The van der Waals surface area contributed by atoms with Gasteiger partial charge in [-0.2, -0.15) is 4.99 Å². The Hall–Kier alpha value is -2.04. The number of rotatable bonds is 6. The van der Waals surface area contributed by atoms with Crippen molar-refractivity contribution in [2.75, 3.05) is 49.5 Å². The molecule has 1 aliphatic heterocycles. The van der Waals surface area contributed by atoms with Crippen molar-refractivity contribution in [3.8, 4) is 0 Å². The number of carbonyl (C=O) groups is 3. The van der Waals surface area contributed by atoms with Crippen LogP contribution in [0.1, 0.15) is 6.92 Å². The van der Waals surface area contributed by atoms with Gasteiger partial charge in [-0.1, -0.05) is 18.7 Å². The summed E-state index contributed by atoms with van der Waals surface area (Å²) < 4.78 is 4.56. The number of ether oxygens (including phenoxy) is 1. The lowest BCUT2D eigenvalue weighted by molar-refractivity contribution is -0.117. The number of likely N-dealkylation sites (N-methyl/N-ethyl adjacent to an activating group) is 1. The van der Waals surface area contributed by atoms with Gasteiger partial charge in [0.15, 0.2) is 5.17 Å². The van der Waals surface area contributed by atoms with Gasteiger partial charge in [-0.25, -0.2) is 4.79 Å². The van der Waals surface area contributed by atoms with Gasteiger partial charge >= 0.3 is 6.09 Å². The maximum absolute atomic E-state index is 12.4. The lowest BCUT2D eigenvalue weighted by Gasteiger charge is -2.21. The smallest absolute Gasteiger partial charge is 0.435 e. The van der Waals surface area contributed by atoms with E-state index in [0.29, 0.717) is 11.4 Å². The first-order chi connectivity index (χ1) is 12.8. The summed E-state index contributed by atoms with van der Waals surface area (Å²) in [5.74, 6) is 0.608. The Morgan fingerprint density at radius 2 is 2.15 bits per heavy atom. The molecule has 1 heterocycles. The molecule has 1 aromatic rings. The molecule has 1 fully saturated rings. The van der Waals surface area contributed by atoms with Gasteiger partial charge in [0.05, 0.1) is 30.8 Å². The number of amides is 3. The molecule has 27 heavy (non-hydrogen) atoms. The summed E-state index contributed by atoms with van der Waals surface area (Å²) in [6.07, 6.45) is -0.784. The Morgan fingerprint density at radius 1 is 1.41 bits per heavy atom. The molecule has 1 aliphatic rings. The molecule has 0 aliphatic carbocycles. The number of thioether (sulfide) groups is 2. The molecular weight excluding hydrogens is 388 g/mol. The van der Waals surface area contributed by atoms with E-state index in [1.54, 1.807) is 36.8 Å². The highest BCUT2D eigenvalue weighted by Crippen LogP contribution is 2.35. The molecule has 0 atom stereocenters. The minimum absolute atomic E-state index is 0.159. The number of amidine groups is 1. The molecule has 0 spiro atoms. The summed E-state index contributed by atoms with van der Waals surface area (Å²) in [5.41, 5.74) is 0.967. The van der Waals surface area contributed by atoms with Crippen LogP contribution in [0.15, 0.2) is 28.1 Å². The minimum atomic E-state index is -0.784. The predicted molar refractivity (Wildman–Crippen MR) is 110 cm³/mol. The van der Waals surface area contributed by atoms with Gasteiger partial charge in [0.1, 0.15) is 0 Å². The molecule has 0 aromatic heterocycles. The normalized spacial score (nSPS) is 15.5. The molecule has 1 saturated heterocycles. The van der Waals surface area contributed by atoms with Crippen molar-refractivity contribution >= 4 is 58.0 Å². The summed E-state index contributed by atoms with van der Waals surface area (Å²) in [4.78, 5) is 44.1. The number of carbonyl (C=O) groups excluding carboxylic acids is 3. The molecule has 146 valence electrons. The SMILES string of the molecule is CCSc1ccc(N2C(=O)CS/C2=N/C(=O)OC)c(NC(=O)CN(C)C)c1. The standard InChI is InChI=1S/C17H22N4O4S2/c1-5-26-11-6-7-13(12(8-11)18-14(22)9-20(2)3)21-15(23)10-27-16(21)19-17(24)25-4/h6-8H,5,9-10H2,1-4H3,(H,18,22)/b19-16+. The van der Waals surface area contributed by atoms with E-state index in [0.717, 1.165) is 22.4 Å². The quantitative estimate of drug-likeness (QED) is 0.721. The number of nitrogens with zero attached hydrogens (tertiary/aromatic N) is 3. The van der Waals surface area contributed by atoms with Crippen molar-refractivity contribution in [1.29, 1.82) is 0 Å². The lowest BCUT2D eigenvalue weighted by Crippen LogP contribution is -2.32. The van der Waals surface area contributed by atoms with Crippen LogP contribution in [0.2, 0.25) is 0 Å². The molecule has 0 unspecified atom stereocenters. The van der Waals surface area contributed by atoms with Crippen LogP contribution in [0.5, 0.6) is 0 Å². The molecule has 0 radical (unpaired) electrons. The topological polar surface area (TPSA) is 91.3 Å². The van der Waals surface area contributed by atoms with E-state index in [2.05, 4.69) is 15.0 Å². The van der Waals surface area contributed by atoms with Crippen LogP contribution >= 0.6 is 23.5 Å². The summed E-state index contributed by atoms with van der Waals surface area (Å²) in [6, 6.07) is 5.44. The van der Waals surface area contributed by atoms with Gasteiger partial charge in [-0.05, 0) is 38.0 Å². The zero-order chi connectivity index (χ0) is 20.0. The molecule has 1 aromatic carbocycles. The van der Waals surface area contributed by atoms with Crippen molar-refractivity contribution in [3.05, 3.63) is 18.2 Å². The number of hydrogen-bond acceptors (Lipinski definition) is 7. The molecule has 10 heteroatoms. The second-order valence-corrected chi connectivity index (χ2v) is 8.06. The van der Waals surface area contributed by atoms with E-state index in [1.165, 1.54) is 12.0 Å². The average Bonchev–Trinajstić information content (AvgIpc) is 2.95. The van der Waals surface area contributed by atoms with E-state index >= 15 is 0 Å². The zero-order valence-corrected chi connectivity index (χ0v) is 17.3. The van der Waals surface area contributed by atoms with Crippen molar-refractivity contribution in [2.24, 2.45) is 4.99 Å². The molecule has 3 amide bonds. The van der Waals surface area contributed by atoms with E-state index in [1.807, 2.05) is 19.1 Å². The highest BCUT2D eigenvalue weighted by molar-refractivity contribution is 8.15. The Bertz CT molecular complexity index is 767. The third-order valence-corrected chi connectivity index (χ3v) is 5.18. The van der Waals surface area contributed by atoms with Crippen LogP contribution in [0.25, 0.3) is 0 Å². The van der Waals surface area contributed by atoms with Gasteiger partial charge in [-0.3, -0.25) is 14.5 Å². The monoisotopic (exact) mass is 410 g/mol. The molecule has 1 N–H and O–H groups in total. The van der Waals surface area contributed by atoms with Crippen LogP contribution < -0.4 is 10.2 Å². The Balaban J connectivity index is 2.43. The van der Waals surface area contributed by atoms with E-state index in [4.69, 9.17) is 0 Å². The Labute approximate surface area is 166 Å². The second kappa shape index (κ2) is 9.77. The van der Waals surface area contributed by atoms with Crippen LogP contribution in [-0.2, 0) is 14.3 Å². The number of anilines is 2. The van der Waals surface area contributed by atoms with Crippen molar-refractivity contribution in [2.45, 2.75) is 11.8 Å². The molecule has 2 rings (SSSR count). The zero-order valence-electron chi connectivity index (χ0n) is 15.6. The Morgan fingerprint density at radius 3 is 2.78 bits per heavy atom. The molecule has 0 saturated carbocycles. The number of methoxy groups -OCH3 is 1. The van der Waals surface area contributed by atoms with Gasteiger partial charge in [-0.15, -0.1) is 11.8 Å². The van der Waals surface area contributed by atoms with Gasteiger partial charge in [0.25, 0.3) is 0 Å². The largest absolute Gasteiger partial charge is 0.451 e. The van der Waals surface area contributed by atoms with Crippen LogP contribution in [0.3, 0.4) is 0 Å². The fraction of sp³-hybridized carbons (Fsp3) is 0.412. The third-order valence-electron chi connectivity index (χ3n) is 3.38. The molecule has 8 nitrogen and oxygen atoms in total. The first-order valence-corrected chi connectivity index (χ1v) is 10.2. The fourth-order valence-corrected chi connectivity index (χ4v) is 3.90. The van der Waals surface area contributed by atoms with Gasteiger partial charge in [0.2, 0.25) is 11.8 Å². The summed E-state index contributed by atoms with van der Waals surface area (Å²) in [6.45, 7) is 2.24. The van der Waals surface area contributed by atoms with Gasteiger partial charge in [0, 0.05) is 4.90 Å². The van der Waals surface area contributed by atoms with Crippen LogP contribution in [-0.4, -0.2) is 67.2 Å². The van der Waals surface area contributed by atoms with Crippen molar-refractivity contribution in [3.63, 3.8) is 0 Å². The minimum Gasteiger partial charge on any atom is -0.451 e. The number of benzene rings is 1. The molecule has 0 bridgehead atoms. The summed E-state index contributed by atoms with van der Waals surface area (Å²) in [5, 5.41) is 3.09. The van der Waals surface area contributed by atoms with Crippen molar-refractivity contribution in [1.82, 2.24) is 4.90 Å². The Kier molecular flexibility index (Phi) is 7.69. The predicted octanol–water partition coefficient (Wildman–Crippen LogP) is 2.50. The first-order valence-electron chi connectivity index (χ1n) is 8.19. The second-order valence-electron chi connectivity index (χ2n) is 5.78. The highest BCUT2D eigenvalue weighted by atomic mass is 32.2. The molecular formula is C17H22N4O4S2. The summed E-state index contributed by atoms with van der Waals surface area (Å²) >= 11 is 2.77. The third kappa shape index (κ3) is 5.72. The fourth-order valence-electron chi connectivity index (χ4n) is 2.35. The van der Waals surface area contributed by atoms with Crippen LogP contribution in [0, 0.1) is 0 Å². The van der Waals surface area contributed by atoms with E-state index < -0.39 is 6.09 Å². The highest BCUT2D eigenvalue weighted by Gasteiger charge is 2.32. The average molecular weight is 411 g/mol. The van der Waals surface area contributed by atoms with E-state index in [9.17, 15) is 14.4 Å². The van der Waals surface area contributed by atoms with E-state index in [-0.39, 0.29) is 29.3 Å². The maximum Gasteiger partial charge on any atom is 0.435 e. The van der Waals surface area contributed by atoms with Crippen molar-refractivity contribution < 1.29 is 19.1 Å². The maximum atomic E-state index is 12.4.